The molecule has 0 unspecified atom stereocenters. The highest BCUT2D eigenvalue weighted by molar-refractivity contribution is 6.30. The Morgan fingerprint density at radius 3 is 2.60 bits per heavy atom. The molecule has 4 nitrogen and oxygen atoms in total. The maximum absolute atomic E-state index is 8.89. The molecule has 74 valence electrons. The first-order valence-electron chi connectivity index (χ1n) is 4.22. The number of benzene rings is 1. The molecule has 5 heteroatoms. The van der Waals surface area contributed by atoms with Crippen LogP contribution in [0.3, 0.4) is 0 Å². The molecule has 0 aliphatic carbocycles. The van der Waals surface area contributed by atoms with Crippen LogP contribution in [0.4, 0.5) is 5.82 Å². The molecular weight excluding hydrogens is 212 g/mol. The zero-order chi connectivity index (χ0) is 10.8. The van der Waals surface area contributed by atoms with E-state index in [9.17, 15) is 0 Å². The van der Waals surface area contributed by atoms with Crippen LogP contribution in [0.15, 0.2) is 24.3 Å². The number of anilines is 1. The predicted molar refractivity (Wildman–Crippen MR) is 58.2 cm³/mol. The molecule has 3 N–H and O–H groups in total. The van der Waals surface area contributed by atoms with Gasteiger partial charge in [0, 0.05) is 10.6 Å². The SMILES string of the molecule is N#Cc1c(N)n[nH]c1-c1ccc(Cl)cc1. The molecule has 0 aliphatic rings. The first-order chi connectivity index (χ1) is 7.22. The van der Waals surface area contributed by atoms with Gasteiger partial charge in [0.05, 0.1) is 5.69 Å². The maximum atomic E-state index is 8.89. The predicted octanol–water partition coefficient (Wildman–Crippen LogP) is 2.18. The summed E-state index contributed by atoms with van der Waals surface area (Å²) in [7, 11) is 0. The molecule has 1 heterocycles. The number of aromatic amines is 1. The minimum Gasteiger partial charge on any atom is -0.381 e. The second kappa shape index (κ2) is 3.64. The normalized spacial score (nSPS) is 9.87. The lowest BCUT2D eigenvalue weighted by Gasteiger charge is -1.97. The number of nitrogens with two attached hydrogens (primary N) is 1. The second-order valence-corrected chi connectivity index (χ2v) is 3.41. The third kappa shape index (κ3) is 1.65. The molecule has 1 aromatic carbocycles. The summed E-state index contributed by atoms with van der Waals surface area (Å²) in [5.74, 6) is 0.211. The van der Waals surface area contributed by atoms with Gasteiger partial charge >= 0.3 is 0 Å². The van der Waals surface area contributed by atoms with Crippen LogP contribution in [0.5, 0.6) is 0 Å². The van der Waals surface area contributed by atoms with Crippen molar-refractivity contribution in [2.75, 3.05) is 5.73 Å². The van der Waals surface area contributed by atoms with Gasteiger partial charge in [0.25, 0.3) is 0 Å². The molecule has 2 aromatic rings. The Morgan fingerprint density at radius 2 is 2.00 bits per heavy atom. The van der Waals surface area contributed by atoms with E-state index < -0.39 is 0 Å². The first kappa shape index (κ1) is 9.56. The van der Waals surface area contributed by atoms with Gasteiger partial charge in [0.15, 0.2) is 5.82 Å². The van der Waals surface area contributed by atoms with E-state index in [1.165, 1.54) is 0 Å². The number of hydrogen-bond donors (Lipinski definition) is 2. The van der Waals surface area contributed by atoms with E-state index in [1.54, 1.807) is 24.3 Å². The van der Waals surface area contributed by atoms with Gasteiger partial charge in [0.2, 0.25) is 0 Å². The molecule has 0 amide bonds. The Bertz CT molecular complexity index is 521. The van der Waals surface area contributed by atoms with Crippen molar-refractivity contribution in [3.8, 4) is 17.3 Å². The number of aromatic nitrogens is 2. The number of halogens is 1. The molecule has 0 radical (unpaired) electrons. The van der Waals surface area contributed by atoms with Crippen LogP contribution in [0.1, 0.15) is 5.56 Å². The van der Waals surface area contributed by atoms with Crippen LogP contribution in [-0.4, -0.2) is 10.2 Å². The third-order valence-corrected chi connectivity index (χ3v) is 2.29. The third-order valence-electron chi connectivity index (χ3n) is 2.04. The number of nitriles is 1. The van der Waals surface area contributed by atoms with Crippen LogP contribution >= 0.6 is 11.6 Å². The highest BCUT2D eigenvalue weighted by atomic mass is 35.5. The molecule has 0 spiro atoms. The summed E-state index contributed by atoms with van der Waals surface area (Å²) in [6, 6.07) is 9.10. The van der Waals surface area contributed by atoms with Crippen LogP contribution in [0.25, 0.3) is 11.3 Å². The standard InChI is InChI=1S/C10H7ClN4/c11-7-3-1-6(2-4-7)9-8(5-12)10(13)15-14-9/h1-4H,(H3,13,14,15). The van der Waals surface area contributed by atoms with E-state index in [2.05, 4.69) is 10.2 Å². The second-order valence-electron chi connectivity index (χ2n) is 2.98. The van der Waals surface area contributed by atoms with Gasteiger partial charge in [-0.15, -0.1) is 0 Å². The molecule has 0 bridgehead atoms. The highest BCUT2D eigenvalue weighted by Gasteiger charge is 2.11. The van der Waals surface area contributed by atoms with Crippen molar-refractivity contribution in [3.05, 3.63) is 34.9 Å². The van der Waals surface area contributed by atoms with Crippen molar-refractivity contribution in [2.24, 2.45) is 0 Å². The van der Waals surface area contributed by atoms with Crippen LogP contribution in [0, 0.1) is 11.3 Å². The average Bonchev–Trinajstić information content (AvgIpc) is 2.61. The molecule has 2 rings (SSSR count). The molecular formula is C10H7ClN4. The van der Waals surface area contributed by atoms with Gasteiger partial charge in [-0.2, -0.15) is 10.4 Å². The lowest BCUT2D eigenvalue weighted by molar-refractivity contribution is 1.10. The Labute approximate surface area is 91.3 Å². The average molecular weight is 219 g/mol. The zero-order valence-corrected chi connectivity index (χ0v) is 8.42. The van der Waals surface area contributed by atoms with E-state index in [0.29, 0.717) is 16.3 Å². The monoisotopic (exact) mass is 218 g/mol. The van der Waals surface area contributed by atoms with Crippen molar-refractivity contribution in [3.63, 3.8) is 0 Å². The largest absolute Gasteiger partial charge is 0.381 e. The summed E-state index contributed by atoms with van der Waals surface area (Å²) in [6.45, 7) is 0. The van der Waals surface area contributed by atoms with E-state index in [1.807, 2.05) is 6.07 Å². The number of rotatable bonds is 1. The number of nitrogens with zero attached hydrogens (tertiary/aromatic N) is 2. The number of hydrogen-bond acceptors (Lipinski definition) is 3. The first-order valence-corrected chi connectivity index (χ1v) is 4.60. The maximum Gasteiger partial charge on any atom is 0.163 e. The Morgan fingerprint density at radius 1 is 1.33 bits per heavy atom. The highest BCUT2D eigenvalue weighted by Crippen LogP contribution is 2.25. The molecule has 0 saturated heterocycles. The quantitative estimate of drug-likeness (QED) is 0.770. The van der Waals surface area contributed by atoms with Gasteiger partial charge < -0.3 is 5.73 Å². The summed E-state index contributed by atoms with van der Waals surface area (Å²) in [5, 5.41) is 16.0. The summed E-state index contributed by atoms with van der Waals surface area (Å²) >= 11 is 5.76. The Kier molecular flexibility index (Phi) is 2.32. The van der Waals surface area contributed by atoms with E-state index >= 15 is 0 Å². The van der Waals surface area contributed by atoms with Crippen molar-refractivity contribution >= 4 is 17.4 Å². The van der Waals surface area contributed by atoms with Crippen LogP contribution < -0.4 is 5.73 Å². The summed E-state index contributed by atoms with van der Waals surface area (Å²) in [5.41, 5.74) is 7.34. The zero-order valence-electron chi connectivity index (χ0n) is 7.66. The molecule has 0 saturated carbocycles. The summed E-state index contributed by atoms with van der Waals surface area (Å²) < 4.78 is 0. The summed E-state index contributed by atoms with van der Waals surface area (Å²) in [4.78, 5) is 0. The lowest BCUT2D eigenvalue weighted by Crippen LogP contribution is -1.87. The summed E-state index contributed by atoms with van der Waals surface area (Å²) in [6.07, 6.45) is 0. The molecule has 15 heavy (non-hydrogen) atoms. The molecule has 0 fully saturated rings. The Balaban J connectivity index is 2.55. The number of H-pyrrole nitrogens is 1. The van der Waals surface area contributed by atoms with Crippen LogP contribution in [0.2, 0.25) is 5.02 Å². The van der Waals surface area contributed by atoms with E-state index in [-0.39, 0.29) is 5.82 Å². The van der Waals surface area contributed by atoms with Crippen LogP contribution in [-0.2, 0) is 0 Å². The van der Waals surface area contributed by atoms with Gasteiger partial charge in [-0.25, -0.2) is 0 Å². The smallest absolute Gasteiger partial charge is 0.163 e. The van der Waals surface area contributed by atoms with Gasteiger partial charge in [0.1, 0.15) is 11.6 Å². The van der Waals surface area contributed by atoms with E-state index in [4.69, 9.17) is 22.6 Å². The van der Waals surface area contributed by atoms with Crippen molar-refractivity contribution in [2.45, 2.75) is 0 Å². The van der Waals surface area contributed by atoms with Gasteiger partial charge in [-0.05, 0) is 12.1 Å². The molecule has 0 aliphatic heterocycles. The van der Waals surface area contributed by atoms with Crippen molar-refractivity contribution in [1.82, 2.24) is 10.2 Å². The number of nitrogens with one attached hydrogen (secondary N) is 1. The molecule has 0 atom stereocenters. The lowest BCUT2D eigenvalue weighted by atomic mass is 10.1. The Hall–Kier alpha value is -1.99. The molecule has 1 aromatic heterocycles. The fourth-order valence-corrected chi connectivity index (χ4v) is 1.42. The fourth-order valence-electron chi connectivity index (χ4n) is 1.29. The minimum atomic E-state index is 0.211. The fraction of sp³-hybridized carbons (Fsp3) is 0. The number of nitrogen functional groups attached to an aromatic ring is 1. The van der Waals surface area contributed by atoms with Gasteiger partial charge in [-0.3, -0.25) is 5.10 Å². The van der Waals surface area contributed by atoms with Crippen molar-refractivity contribution in [1.29, 1.82) is 5.26 Å². The minimum absolute atomic E-state index is 0.211. The topological polar surface area (TPSA) is 78.5 Å². The van der Waals surface area contributed by atoms with Crippen molar-refractivity contribution < 1.29 is 0 Å². The van der Waals surface area contributed by atoms with E-state index in [0.717, 1.165) is 5.56 Å². The van der Waals surface area contributed by atoms with Gasteiger partial charge in [-0.1, -0.05) is 23.7 Å².